The van der Waals surface area contributed by atoms with E-state index < -0.39 is 0 Å². The number of hydrogen-bond acceptors (Lipinski definition) is 3. The largest absolute Gasteiger partial charge is 0.355 e. The molecule has 0 unspecified atom stereocenters. The lowest BCUT2D eigenvalue weighted by Crippen LogP contribution is -2.32. The summed E-state index contributed by atoms with van der Waals surface area (Å²) in [5, 5.41) is 2.81. The number of hydrogen-bond donors (Lipinski definition) is 2. The molecule has 0 bridgehead atoms. The number of amides is 1. The molecule has 1 saturated heterocycles. The smallest absolute Gasteiger partial charge is 0.220 e. The fourth-order valence-corrected chi connectivity index (χ4v) is 1.99. The minimum atomic E-state index is 0.152. The van der Waals surface area contributed by atoms with E-state index in [2.05, 4.69) is 17.3 Å². The highest BCUT2D eigenvalue weighted by Crippen LogP contribution is 2.20. The SMILES string of the molecule is CN1CCC(CCC(=O)NCCN)CC1. The molecule has 3 N–H and O–H groups in total. The molecule has 0 radical (unpaired) electrons. The van der Waals surface area contributed by atoms with Crippen LogP contribution in [0.3, 0.4) is 0 Å². The third kappa shape index (κ3) is 5.14. The normalized spacial score (nSPS) is 19.1. The summed E-state index contributed by atoms with van der Waals surface area (Å²) in [6.45, 7) is 3.48. The van der Waals surface area contributed by atoms with Crippen molar-refractivity contribution < 1.29 is 4.79 Å². The first-order valence-electron chi connectivity index (χ1n) is 5.87. The van der Waals surface area contributed by atoms with Crippen molar-refractivity contribution in [3.8, 4) is 0 Å². The van der Waals surface area contributed by atoms with Gasteiger partial charge in [-0.15, -0.1) is 0 Å². The van der Waals surface area contributed by atoms with E-state index in [1.165, 1.54) is 25.9 Å². The Morgan fingerprint density at radius 3 is 2.73 bits per heavy atom. The van der Waals surface area contributed by atoms with E-state index in [9.17, 15) is 4.79 Å². The van der Waals surface area contributed by atoms with E-state index in [1.807, 2.05) is 0 Å². The molecular weight excluding hydrogens is 190 g/mol. The summed E-state index contributed by atoms with van der Waals surface area (Å²) >= 11 is 0. The highest BCUT2D eigenvalue weighted by molar-refractivity contribution is 5.75. The van der Waals surface area contributed by atoms with Gasteiger partial charge in [0.25, 0.3) is 0 Å². The maximum absolute atomic E-state index is 11.3. The van der Waals surface area contributed by atoms with Crippen LogP contribution in [0.4, 0.5) is 0 Å². The van der Waals surface area contributed by atoms with E-state index >= 15 is 0 Å². The van der Waals surface area contributed by atoms with Gasteiger partial charge in [-0.3, -0.25) is 4.79 Å². The Kier molecular flexibility index (Phi) is 5.65. The predicted molar refractivity (Wildman–Crippen MR) is 61.5 cm³/mol. The average molecular weight is 213 g/mol. The van der Waals surface area contributed by atoms with Crippen molar-refractivity contribution >= 4 is 5.91 Å². The van der Waals surface area contributed by atoms with E-state index in [0.29, 0.717) is 19.5 Å². The molecule has 1 fully saturated rings. The molecule has 0 aromatic rings. The molecule has 15 heavy (non-hydrogen) atoms. The van der Waals surface area contributed by atoms with Crippen molar-refractivity contribution in [1.29, 1.82) is 0 Å². The van der Waals surface area contributed by atoms with Crippen LogP contribution >= 0.6 is 0 Å². The number of likely N-dealkylation sites (tertiary alicyclic amines) is 1. The van der Waals surface area contributed by atoms with Gasteiger partial charge in [-0.1, -0.05) is 0 Å². The molecule has 4 nitrogen and oxygen atoms in total. The van der Waals surface area contributed by atoms with Crippen LogP contribution in [-0.4, -0.2) is 44.0 Å². The van der Waals surface area contributed by atoms with Gasteiger partial charge < -0.3 is 16.0 Å². The Morgan fingerprint density at radius 2 is 2.13 bits per heavy atom. The van der Waals surface area contributed by atoms with Crippen LogP contribution < -0.4 is 11.1 Å². The van der Waals surface area contributed by atoms with Gasteiger partial charge in [0.1, 0.15) is 0 Å². The van der Waals surface area contributed by atoms with Gasteiger partial charge >= 0.3 is 0 Å². The second kappa shape index (κ2) is 6.80. The fraction of sp³-hybridized carbons (Fsp3) is 0.909. The molecule has 1 rings (SSSR count). The number of nitrogens with two attached hydrogens (primary N) is 1. The van der Waals surface area contributed by atoms with E-state index in [-0.39, 0.29) is 5.91 Å². The Bertz CT molecular complexity index is 188. The van der Waals surface area contributed by atoms with Crippen LogP contribution in [-0.2, 0) is 4.79 Å². The molecule has 4 heteroatoms. The van der Waals surface area contributed by atoms with Crippen molar-refractivity contribution in [3.05, 3.63) is 0 Å². The number of piperidine rings is 1. The van der Waals surface area contributed by atoms with Crippen LogP contribution in [0.2, 0.25) is 0 Å². The quantitative estimate of drug-likeness (QED) is 0.685. The zero-order chi connectivity index (χ0) is 11.1. The molecule has 1 heterocycles. The average Bonchev–Trinajstić information content (AvgIpc) is 2.25. The summed E-state index contributed by atoms with van der Waals surface area (Å²) in [6.07, 6.45) is 4.17. The Labute approximate surface area is 92.2 Å². The predicted octanol–water partition coefficient (Wildman–Crippen LogP) is 0.183. The van der Waals surface area contributed by atoms with Crippen molar-refractivity contribution in [3.63, 3.8) is 0 Å². The molecule has 0 atom stereocenters. The monoisotopic (exact) mass is 213 g/mol. The number of nitrogens with zero attached hydrogens (tertiary/aromatic N) is 1. The first-order chi connectivity index (χ1) is 7.22. The van der Waals surface area contributed by atoms with E-state index in [4.69, 9.17) is 5.73 Å². The van der Waals surface area contributed by atoms with Crippen molar-refractivity contribution in [2.45, 2.75) is 25.7 Å². The van der Waals surface area contributed by atoms with Crippen LogP contribution in [0, 0.1) is 5.92 Å². The molecular formula is C11H23N3O. The summed E-state index contributed by atoms with van der Waals surface area (Å²) < 4.78 is 0. The van der Waals surface area contributed by atoms with Crippen LogP contribution in [0.5, 0.6) is 0 Å². The molecule has 0 aromatic heterocycles. The van der Waals surface area contributed by atoms with Crippen LogP contribution in [0.15, 0.2) is 0 Å². The van der Waals surface area contributed by atoms with Gasteiger partial charge in [0.05, 0.1) is 0 Å². The second-order valence-corrected chi connectivity index (χ2v) is 4.42. The van der Waals surface area contributed by atoms with Crippen molar-refractivity contribution in [1.82, 2.24) is 10.2 Å². The molecule has 0 spiro atoms. The van der Waals surface area contributed by atoms with Gasteiger partial charge in [0.15, 0.2) is 0 Å². The van der Waals surface area contributed by atoms with Gasteiger partial charge in [-0.2, -0.15) is 0 Å². The summed E-state index contributed by atoms with van der Waals surface area (Å²) in [4.78, 5) is 13.7. The summed E-state index contributed by atoms with van der Waals surface area (Å²) in [6, 6.07) is 0. The first-order valence-corrected chi connectivity index (χ1v) is 5.87. The first kappa shape index (κ1) is 12.5. The van der Waals surface area contributed by atoms with Gasteiger partial charge in [-0.05, 0) is 45.3 Å². The number of carbonyl (C=O) groups excluding carboxylic acids is 1. The molecule has 0 saturated carbocycles. The molecule has 1 aliphatic rings. The van der Waals surface area contributed by atoms with Crippen LogP contribution in [0.25, 0.3) is 0 Å². The highest BCUT2D eigenvalue weighted by Gasteiger charge is 2.17. The number of nitrogens with one attached hydrogen (secondary N) is 1. The molecule has 1 aliphatic heterocycles. The van der Waals surface area contributed by atoms with Crippen LogP contribution in [0.1, 0.15) is 25.7 Å². The maximum Gasteiger partial charge on any atom is 0.220 e. The highest BCUT2D eigenvalue weighted by atomic mass is 16.1. The number of rotatable bonds is 5. The lowest BCUT2D eigenvalue weighted by Gasteiger charge is -2.28. The Morgan fingerprint density at radius 1 is 1.47 bits per heavy atom. The zero-order valence-electron chi connectivity index (χ0n) is 9.67. The minimum absolute atomic E-state index is 0.152. The van der Waals surface area contributed by atoms with E-state index in [0.717, 1.165) is 12.3 Å². The lowest BCUT2D eigenvalue weighted by molar-refractivity contribution is -0.121. The summed E-state index contributed by atoms with van der Waals surface area (Å²) in [5.74, 6) is 0.893. The van der Waals surface area contributed by atoms with Gasteiger partial charge in [-0.25, -0.2) is 0 Å². The Hall–Kier alpha value is -0.610. The third-order valence-electron chi connectivity index (χ3n) is 3.08. The van der Waals surface area contributed by atoms with E-state index in [1.54, 1.807) is 0 Å². The van der Waals surface area contributed by atoms with Crippen molar-refractivity contribution in [2.24, 2.45) is 11.7 Å². The van der Waals surface area contributed by atoms with Crippen molar-refractivity contribution in [2.75, 3.05) is 33.2 Å². The second-order valence-electron chi connectivity index (χ2n) is 4.42. The summed E-state index contributed by atoms with van der Waals surface area (Å²) in [5.41, 5.74) is 5.31. The molecule has 0 aliphatic carbocycles. The maximum atomic E-state index is 11.3. The standard InChI is InChI=1S/C11H23N3O/c1-14-8-4-10(5-9-14)2-3-11(15)13-7-6-12/h10H,2-9,12H2,1H3,(H,13,15). The molecule has 88 valence electrons. The lowest BCUT2D eigenvalue weighted by atomic mass is 9.92. The minimum Gasteiger partial charge on any atom is -0.355 e. The van der Waals surface area contributed by atoms with Gasteiger partial charge in [0.2, 0.25) is 5.91 Å². The molecule has 0 aromatic carbocycles. The zero-order valence-corrected chi connectivity index (χ0v) is 9.67. The number of carbonyl (C=O) groups is 1. The van der Waals surface area contributed by atoms with Gasteiger partial charge in [0, 0.05) is 19.5 Å². The molecule has 1 amide bonds. The fourth-order valence-electron chi connectivity index (χ4n) is 1.99. The Balaban J connectivity index is 2.06. The third-order valence-corrected chi connectivity index (χ3v) is 3.08. The topological polar surface area (TPSA) is 58.4 Å². The summed E-state index contributed by atoms with van der Waals surface area (Å²) in [7, 11) is 2.16.